The van der Waals surface area contributed by atoms with Crippen LogP contribution >= 0.6 is 0 Å². The summed E-state index contributed by atoms with van der Waals surface area (Å²) in [5, 5.41) is 21.5. The number of hydrogen-bond acceptors (Lipinski definition) is 8. The van der Waals surface area contributed by atoms with Gasteiger partial charge in [-0.3, -0.25) is 9.78 Å². The maximum Gasteiger partial charge on any atom is 0.319 e. The molecular weight excluding hydrogens is 556 g/mol. The van der Waals surface area contributed by atoms with Crippen molar-refractivity contribution < 1.29 is 28.5 Å². The topological polar surface area (TPSA) is 135 Å². The maximum atomic E-state index is 16.6. The summed E-state index contributed by atoms with van der Waals surface area (Å²) >= 11 is 0. The predicted octanol–water partition coefficient (Wildman–Crippen LogP) is 5.02. The summed E-state index contributed by atoms with van der Waals surface area (Å²) in [4.78, 5) is 27.3. The van der Waals surface area contributed by atoms with Gasteiger partial charge in [-0.15, -0.1) is 0 Å². The molecule has 9 nitrogen and oxygen atoms in total. The van der Waals surface area contributed by atoms with Gasteiger partial charge in [-0.25, -0.2) is 8.78 Å². The highest BCUT2D eigenvalue weighted by molar-refractivity contribution is 6.01. The first-order valence-corrected chi connectivity index (χ1v) is 14.8. The molecule has 6 rings (SSSR count). The number of nitrogens with zero attached hydrogens (tertiary/aromatic N) is 4. The van der Waals surface area contributed by atoms with E-state index in [1.54, 1.807) is 6.07 Å². The summed E-state index contributed by atoms with van der Waals surface area (Å²) < 4.78 is 37.5. The lowest BCUT2D eigenvalue weighted by Gasteiger charge is -2.34. The fourth-order valence-electron chi connectivity index (χ4n) is 6.36. The number of piperidine rings is 1. The molecule has 4 N–H and O–H groups in total. The molecule has 1 atom stereocenters. The quantitative estimate of drug-likeness (QED) is 0.234. The van der Waals surface area contributed by atoms with Crippen LogP contribution in [0.4, 0.5) is 14.6 Å². The zero-order chi connectivity index (χ0) is 30.3. The highest BCUT2D eigenvalue weighted by Crippen LogP contribution is 2.49. The average Bonchev–Trinajstić information content (AvgIpc) is 3.75. The van der Waals surface area contributed by atoms with E-state index in [0.29, 0.717) is 53.5 Å². The van der Waals surface area contributed by atoms with E-state index in [9.17, 15) is 19.4 Å². The van der Waals surface area contributed by atoms with Gasteiger partial charge in [-0.1, -0.05) is 13.0 Å². The van der Waals surface area contributed by atoms with E-state index in [0.717, 1.165) is 25.7 Å². The number of ether oxygens (including phenoxy) is 1. The van der Waals surface area contributed by atoms with Crippen LogP contribution in [0.1, 0.15) is 51.0 Å². The number of anilines is 1. The molecule has 2 aromatic heterocycles. The van der Waals surface area contributed by atoms with Crippen molar-refractivity contribution in [2.45, 2.75) is 51.9 Å². The SMILES string of the molecule is CCc1c(F)ccc2cc(O)cc(-c3ncc4c(N5CCC[C@H](CCO)C5)nc(OCC5(CC(N)=O)CC5)nc4c3F)c12. The number of benzene rings is 2. The van der Waals surface area contributed by atoms with Crippen LogP contribution in [0.3, 0.4) is 0 Å². The van der Waals surface area contributed by atoms with Gasteiger partial charge in [0.2, 0.25) is 5.91 Å². The Morgan fingerprint density at radius 1 is 1.23 bits per heavy atom. The third kappa shape index (κ3) is 5.65. The number of aromatic nitrogens is 3. The molecule has 2 aliphatic rings. The lowest BCUT2D eigenvalue weighted by atomic mass is 9.94. The highest BCUT2D eigenvalue weighted by Gasteiger charge is 2.45. The summed E-state index contributed by atoms with van der Waals surface area (Å²) in [7, 11) is 0. The van der Waals surface area contributed by atoms with Crippen molar-refractivity contribution in [2.24, 2.45) is 17.1 Å². The number of aromatic hydroxyl groups is 1. The summed E-state index contributed by atoms with van der Waals surface area (Å²) in [5.74, 6) is -0.954. The monoisotopic (exact) mass is 591 g/mol. The van der Waals surface area contributed by atoms with E-state index in [1.165, 1.54) is 24.4 Å². The molecule has 1 amide bonds. The van der Waals surface area contributed by atoms with Gasteiger partial charge in [0.15, 0.2) is 5.82 Å². The number of aryl methyl sites for hydroxylation is 1. The zero-order valence-electron chi connectivity index (χ0n) is 24.1. The number of carbonyl (C=O) groups excluding carboxylic acids is 1. The van der Waals surface area contributed by atoms with E-state index in [-0.39, 0.29) is 59.5 Å². The molecule has 1 aliphatic carbocycles. The highest BCUT2D eigenvalue weighted by atomic mass is 19.1. The number of hydrogen-bond donors (Lipinski definition) is 3. The first-order chi connectivity index (χ1) is 20.7. The number of aliphatic hydroxyl groups excluding tert-OH is 1. The Balaban J connectivity index is 1.50. The molecule has 0 radical (unpaired) electrons. The number of carbonyl (C=O) groups is 1. The van der Waals surface area contributed by atoms with Crippen LogP contribution in [0.15, 0.2) is 30.5 Å². The first-order valence-electron chi connectivity index (χ1n) is 14.8. The standard InChI is InChI=1S/C32H35F2N5O4/c1-2-21-24(33)6-5-19-12-20(41)13-22(26(19)21)28-27(34)29-23(15-36-28)30(39-10-3-4-18(16-39)7-11-40)38-31(37-29)43-17-32(8-9-32)14-25(35)42/h5-6,12-13,15,18,40-41H,2-4,7-11,14,16-17H2,1H3,(H2,35,42)/t18-/m1/s1. The minimum Gasteiger partial charge on any atom is -0.508 e. The van der Waals surface area contributed by atoms with Crippen LogP contribution in [-0.2, 0) is 11.2 Å². The number of pyridine rings is 1. The van der Waals surface area contributed by atoms with Gasteiger partial charge in [0.05, 0.1) is 12.0 Å². The normalized spacial score (nSPS) is 17.9. The number of primary amides is 1. The van der Waals surface area contributed by atoms with Gasteiger partial charge in [0.1, 0.15) is 28.6 Å². The molecule has 3 heterocycles. The van der Waals surface area contributed by atoms with Crippen LogP contribution in [0, 0.1) is 23.0 Å². The molecule has 11 heteroatoms. The molecular formula is C32H35F2N5O4. The molecule has 4 aromatic rings. The number of halogens is 2. The van der Waals surface area contributed by atoms with Crippen LogP contribution in [-0.4, -0.2) is 57.4 Å². The number of nitrogens with two attached hydrogens (primary N) is 1. The second-order valence-corrected chi connectivity index (χ2v) is 11.9. The van der Waals surface area contributed by atoms with E-state index >= 15 is 4.39 Å². The summed E-state index contributed by atoms with van der Waals surface area (Å²) in [6.07, 6.45) is 6.13. The van der Waals surface area contributed by atoms with Gasteiger partial charge >= 0.3 is 6.01 Å². The van der Waals surface area contributed by atoms with Gasteiger partial charge in [0, 0.05) is 43.3 Å². The molecule has 43 heavy (non-hydrogen) atoms. The number of phenolic OH excluding ortho intramolecular Hbond substituents is 1. The Hall–Kier alpha value is -4.12. The van der Waals surface area contributed by atoms with Crippen molar-refractivity contribution in [2.75, 3.05) is 31.2 Å². The molecule has 0 bridgehead atoms. The smallest absolute Gasteiger partial charge is 0.319 e. The van der Waals surface area contributed by atoms with Crippen LogP contribution in [0.25, 0.3) is 32.9 Å². The summed E-state index contributed by atoms with van der Waals surface area (Å²) in [5.41, 5.74) is 5.64. The molecule has 226 valence electrons. The van der Waals surface area contributed by atoms with Crippen LogP contribution in [0.5, 0.6) is 11.8 Å². The third-order valence-electron chi connectivity index (χ3n) is 8.77. The second kappa shape index (κ2) is 11.5. The Morgan fingerprint density at radius 2 is 2.05 bits per heavy atom. The molecule has 0 spiro atoms. The van der Waals surface area contributed by atoms with Crippen molar-refractivity contribution in [3.05, 3.63) is 47.7 Å². The van der Waals surface area contributed by atoms with E-state index in [1.807, 2.05) is 11.8 Å². The lowest BCUT2D eigenvalue weighted by molar-refractivity contribution is -0.119. The molecule has 0 unspecified atom stereocenters. The van der Waals surface area contributed by atoms with E-state index in [2.05, 4.69) is 9.97 Å². The van der Waals surface area contributed by atoms with E-state index in [4.69, 9.17) is 15.5 Å². The summed E-state index contributed by atoms with van der Waals surface area (Å²) in [6.45, 7) is 3.37. The molecule has 1 saturated heterocycles. The first kappa shape index (κ1) is 29.0. The van der Waals surface area contributed by atoms with Crippen LogP contribution in [0.2, 0.25) is 0 Å². The number of aliphatic hydroxyl groups is 1. The average molecular weight is 592 g/mol. The van der Waals surface area contributed by atoms with Gasteiger partial charge < -0.3 is 25.6 Å². The van der Waals surface area contributed by atoms with Crippen LogP contribution < -0.4 is 15.4 Å². The predicted molar refractivity (Wildman–Crippen MR) is 159 cm³/mol. The largest absolute Gasteiger partial charge is 0.508 e. The van der Waals surface area contributed by atoms with Crippen molar-refractivity contribution in [1.82, 2.24) is 15.0 Å². The van der Waals surface area contributed by atoms with Gasteiger partial charge in [-0.05, 0) is 79.0 Å². The fourth-order valence-corrected chi connectivity index (χ4v) is 6.36. The Kier molecular flexibility index (Phi) is 7.76. The van der Waals surface area contributed by atoms with Gasteiger partial charge in [-0.2, -0.15) is 9.97 Å². The Labute approximate surface area is 247 Å². The number of phenols is 1. The van der Waals surface area contributed by atoms with Gasteiger partial charge in [0.25, 0.3) is 0 Å². The minimum absolute atomic E-state index is 0.0139. The maximum absolute atomic E-state index is 16.6. The van der Waals surface area contributed by atoms with Crippen molar-refractivity contribution >= 4 is 33.4 Å². The zero-order valence-corrected chi connectivity index (χ0v) is 24.1. The minimum atomic E-state index is -0.744. The number of fused-ring (bicyclic) bond motifs is 2. The Bertz CT molecular complexity index is 1710. The third-order valence-corrected chi connectivity index (χ3v) is 8.77. The van der Waals surface area contributed by atoms with Crippen molar-refractivity contribution in [3.8, 4) is 23.0 Å². The molecule has 1 saturated carbocycles. The number of amides is 1. The Morgan fingerprint density at radius 3 is 2.77 bits per heavy atom. The second-order valence-electron chi connectivity index (χ2n) is 11.9. The molecule has 2 aromatic carbocycles. The van der Waals surface area contributed by atoms with Crippen molar-refractivity contribution in [1.29, 1.82) is 0 Å². The fraction of sp³-hybridized carbons (Fsp3) is 0.438. The number of rotatable bonds is 10. The molecule has 2 fully saturated rings. The van der Waals surface area contributed by atoms with Crippen molar-refractivity contribution in [3.63, 3.8) is 0 Å². The molecule has 1 aliphatic heterocycles. The summed E-state index contributed by atoms with van der Waals surface area (Å²) in [6, 6.07) is 5.77. The van der Waals surface area contributed by atoms with E-state index < -0.39 is 17.5 Å². The lowest BCUT2D eigenvalue weighted by Crippen LogP contribution is -2.36.